The lowest BCUT2D eigenvalue weighted by molar-refractivity contribution is 0.218. The number of hydrogen-bond donors (Lipinski definition) is 1. The molecule has 1 aromatic carbocycles. The lowest BCUT2D eigenvalue weighted by Gasteiger charge is -2.13. The highest BCUT2D eigenvalue weighted by atomic mass is 32.2. The van der Waals surface area contributed by atoms with Crippen LogP contribution in [0.1, 0.15) is 37.5 Å². The van der Waals surface area contributed by atoms with Crippen molar-refractivity contribution in [3.8, 4) is 5.75 Å². The van der Waals surface area contributed by atoms with Gasteiger partial charge in [-0.3, -0.25) is 4.98 Å². The van der Waals surface area contributed by atoms with Crippen LogP contribution in [-0.4, -0.2) is 22.5 Å². The van der Waals surface area contributed by atoms with Crippen molar-refractivity contribution in [1.82, 2.24) is 4.98 Å². The Balaban J connectivity index is 2.13. The van der Waals surface area contributed by atoms with Crippen LogP contribution in [0.15, 0.2) is 47.6 Å². The van der Waals surface area contributed by atoms with E-state index in [-0.39, 0.29) is 0 Å². The topological polar surface area (TPSA) is 42.4 Å². The molecule has 0 bridgehead atoms. The summed E-state index contributed by atoms with van der Waals surface area (Å²) in [4.78, 5) is 5.36. The smallest absolute Gasteiger partial charge is 0.137 e. The normalized spacial score (nSPS) is 12.1. The third-order valence-corrected chi connectivity index (χ3v) is 3.92. The van der Waals surface area contributed by atoms with Gasteiger partial charge in [-0.2, -0.15) is 0 Å². The molecule has 0 amide bonds. The molecule has 1 atom stereocenters. The lowest BCUT2D eigenvalue weighted by Crippen LogP contribution is -2.02. The summed E-state index contributed by atoms with van der Waals surface area (Å²) >= 11 is 1.79. The number of aliphatic hydroxyl groups is 1. The van der Waals surface area contributed by atoms with E-state index in [0.717, 1.165) is 23.3 Å². The molecular weight excluding hydrogens is 282 g/mol. The van der Waals surface area contributed by atoms with Gasteiger partial charge in [-0.15, -0.1) is 11.8 Å². The minimum absolute atomic E-state index is 0.657. The Labute approximate surface area is 130 Å². The van der Waals surface area contributed by atoms with Crippen LogP contribution in [0.4, 0.5) is 0 Å². The van der Waals surface area contributed by atoms with Crippen molar-refractivity contribution in [2.24, 2.45) is 0 Å². The van der Waals surface area contributed by atoms with Gasteiger partial charge in [0.1, 0.15) is 11.9 Å². The second kappa shape index (κ2) is 8.05. The quantitative estimate of drug-likeness (QED) is 0.783. The predicted octanol–water partition coefficient (Wildman–Crippen LogP) is 4.06. The van der Waals surface area contributed by atoms with Gasteiger partial charge >= 0.3 is 0 Å². The van der Waals surface area contributed by atoms with Gasteiger partial charge in [0.2, 0.25) is 0 Å². The molecule has 0 aliphatic heterocycles. The number of pyridine rings is 1. The molecule has 112 valence electrons. The molecule has 0 saturated heterocycles. The second-order valence-electron chi connectivity index (χ2n) is 4.71. The molecule has 0 fully saturated rings. The summed E-state index contributed by atoms with van der Waals surface area (Å²) in [6.07, 6.45) is 3.62. The maximum absolute atomic E-state index is 10.5. The summed E-state index contributed by atoms with van der Waals surface area (Å²) in [6, 6.07) is 9.85. The molecule has 21 heavy (non-hydrogen) atoms. The van der Waals surface area contributed by atoms with Crippen molar-refractivity contribution < 1.29 is 9.84 Å². The average molecular weight is 303 g/mol. The van der Waals surface area contributed by atoms with E-state index >= 15 is 0 Å². The summed E-state index contributed by atoms with van der Waals surface area (Å²) in [5.41, 5.74) is 1.62. The number of rotatable bonds is 7. The van der Waals surface area contributed by atoms with Crippen LogP contribution in [0.3, 0.4) is 0 Å². The van der Waals surface area contributed by atoms with Crippen LogP contribution >= 0.6 is 11.8 Å². The van der Waals surface area contributed by atoms with Crippen LogP contribution in [0.2, 0.25) is 0 Å². The summed E-state index contributed by atoms with van der Waals surface area (Å²) < 4.78 is 5.56. The van der Waals surface area contributed by atoms with E-state index in [1.54, 1.807) is 24.2 Å². The zero-order chi connectivity index (χ0) is 15.1. The third kappa shape index (κ3) is 4.48. The number of aliphatic hydroxyl groups excluding tert-OH is 1. The molecule has 0 spiro atoms. The molecular formula is C17H21NO2S. The first-order chi connectivity index (χ1) is 10.2. The minimum Gasteiger partial charge on any atom is -0.492 e. The monoisotopic (exact) mass is 303 g/mol. The summed E-state index contributed by atoms with van der Waals surface area (Å²) in [7, 11) is 0. The molecule has 2 aromatic rings. The van der Waals surface area contributed by atoms with E-state index in [1.807, 2.05) is 30.3 Å². The van der Waals surface area contributed by atoms with Gasteiger partial charge in [-0.25, -0.2) is 0 Å². The fraction of sp³-hybridized carbons (Fsp3) is 0.353. The minimum atomic E-state index is -0.677. The number of benzene rings is 1. The van der Waals surface area contributed by atoms with E-state index < -0.39 is 6.10 Å². The summed E-state index contributed by atoms with van der Waals surface area (Å²) in [6.45, 7) is 4.84. The third-order valence-electron chi connectivity index (χ3n) is 3.03. The highest BCUT2D eigenvalue weighted by molar-refractivity contribution is 7.99. The molecule has 1 N–H and O–H groups in total. The van der Waals surface area contributed by atoms with Gasteiger partial charge in [0.25, 0.3) is 0 Å². The highest BCUT2D eigenvalue weighted by Gasteiger charge is 2.12. The van der Waals surface area contributed by atoms with Crippen LogP contribution in [-0.2, 0) is 0 Å². The Morgan fingerprint density at radius 1 is 1.14 bits per heavy atom. The van der Waals surface area contributed by atoms with Crippen molar-refractivity contribution in [2.75, 3.05) is 12.4 Å². The van der Waals surface area contributed by atoms with Gasteiger partial charge in [0, 0.05) is 16.7 Å². The van der Waals surface area contributed by atoms with Crippen molar-refractivity contribution in [3.05, 3.63) is 53.9 Å². The zero-order valence-corrected chi connectivity index (χ0v) is 13.3. The first-order valence-corrected chi connectivity index (χ1v) is 8.21. The van der Waals surface area contributed by atoms with E-state index in [1.165, 1.54) is 4.90 Å². The molecule has 1 heterocycles. The molecule has 1 aromatic heterocycles. The van der Waals surface area contributed by atoms with Crippen LogP contribution < -0.4 is 4.74 Å². The lowest BCUT2D eigenvalue weighted by atomic mass is 10.0. The van der Waals surface area contributed by atoms with E-state index in [9.17, 15) is 5.11 Å². The Hall–Kier alpha value is -1.52. The standard InChI is InChI=1S/C17H21NO2S/c1-3-9-20-15-10-14(11-18-12-15)17(19)13-5-7-16(8-6-13)21-4-2/h5-8,10-12,17,19H,3-4,9H2,1-2H3. The predicted molar refractivity (Wildman–Crippen MR) is 86.9 cm³/mol. The first-order valence-electron chi connectivity index (χ1n) is 7.23. The first kappa shape index (κ1) is 15.9. The second-order valence-corrected chi connectivity index (χ2v) is 6.04. The molecule has 0 aliphatic carbocycles. The Kier molecular flexibility index (Phi) is 6.08. The van der Waals surface area contributed by atoms with E-state index in [2.05, 4.69) is 18.8 Å². The number of hydrogen-bond acceptors (Lipinski definition) is 4. The average Bonchev–Trinajstić information content (AvgIpc) is 2.53. The van der Waals surface area contributed by atoms with Gasteiger partial charge in [0.15, 0.2) is 0 Å². The molecule has 0 radical (unpaired) electrons. The van der Waals surface area contributed by atoms with Gasteiger partial charge < -0.3 is 9.84 Å². The Morgan fingerprint density at radius 2 is 1.90 bits per heavy atom. The maximum atomic E-state index is 10.5. The highest BCUT2D eigenvalue weighted by Crippen LogP contribution is 2.26. The Morgan fingerprint density at radius 3 is 2.57 bits per heavy atom. The molecule has 2 rings (SSSR count). The molecule has 4 heteroatoms. The summed E-state index contributed by atoms with van der Waals surface area (Å²) in [5.74, 6) is 1.74. The van der Waals surface area contributed by atoms with Crippen LogP contribution in [0.5, 0.6) is 5.75 Å². The molecule has 0 saturated carbocycles. The molecule has 3 nitrogen and oxygen atoms in total. The van der Waals surface area contributed by atoms with Crippen molar-refractivity contribution in [3.63, 3.8) is 0 Å². The van der Waals surface area contributed by atoms with E-state index in [4.69, 9.17) is 4.74 Å². The largest absolute Gasteiger partial charge is 0.492 e. The van der Waals surface area contributed by atoms with Gasteiger partial charge in [-0.1, -0.05) is 26.0 Å². The van der Waals surface area contributed by atoms with Crippen molar-refractivity contribution in [2.45, 2.75) is 31.3 Å². The molecule has 1 unspecified atom stereocenters. The summed E-state index contributed by atoms with van der Waals surface area (Å²) in [5, 5.41) is 10.5. The van der Waals surface area contributed by atoms with Gasteiger partial charge in [0.05, 0.1) is 12.8 Å². The van der Waals surface area contributed by atoms with Crippen LogP contribution in [0.25, 0.3) is 0 Å². The zero-order valence-electron chi connectivity index (χ0n) is 12.5. The molecule has 0 aliphatic rings. The number of aromatic nitrogens is 1. The number of thioether (sulfide) groups is 1. The van der Waals surface area contributed by atoms with Gasteiger partial charge in [-0.05, 0) is 35.9 Å². The fourth-order valence-electron chi connectivity index (χ4n) is 1.99. The van der Waals surface area contributed by atoms with Crippen LogP contribution in [0, 0.1) is 0 Å². The number of nitrogens with zero attached hydrogens (tertiary/aromatic N) is 1. The fourth-order valence-corrected chi connectivity index (χ4v) is 2.65. The number of ether oxygens (including phenoxy) is 1. The van der Waals surface area contributed by atoms with Crippen molar-refractivity contribution in [1.29, 1.82) is 0 Å². The Bertz CT molecular complexity index is 557. The SMILES string of the molecule is CCCOc1cncc(C(O)c2ccc(SCC)cc2)c1. The van der Waals surface area contributed by atoms with Crippen molar-refractivity contribution >= 4 is 11.8 Å². The van der Waals surface area contributed by atoms with E-state index in [0.29, 0.717) is 12.4 Å². The maximum Gasteiger partial charge on any atom is 0.137 e.